The van der Waals surface area contributed by atoms with Crippen molar-refractivity contribution < 1.29 is 0 Å². The van der Waals surface area contributed by atoms with Gasteiger partial charge in [0.15, 0.2) is 0 Å². The van der Waals surface area contributed by atoms with Crippen molar-refractivity contribution in [3.63, 3.8) is 0 Å². The van der Waals surface area contributed by atoms with Crippen molar-refractivity contribution in [1.29, 1.82) is 0 Å². The maximum absolute atomic E-state index is 2.49. The molecule has 2 heteroatoms. The number of anilines is 3. The highest BCUT2D eigenvalue weighted by Gasteiger charge is 2.51. The van der Waals surface area contributed by atoms with Gasteiger partial charge < -0.3 is 9.47 Å². The normalized spacial score (nSPS) is 12.8. The lowest BCUT2D eigenvalue weighted by Gasteiger charge is -2.32. The lowest BCUT2D eigenvalue weighted by atomic mass is 9.70. The maximum Gasteiger partial charge on any atom is 0.0726 e. The highest BCUT2D eigenvalue weighted by Crippen LogP contribution is 2.63. The van der Waals surface area contributed by atoms with Crippen LogP contribution in [0.4, 0.5) is 17.1 Å². The first-order valence-corrected chi connectivity index (χ1v) is 25.3. The van der Waals surface area contributed by atoms with E-state index in [0.29, 0.717) is 0 Å². The van der Waals surface area contributed by atoms with E-state index < -0.39 is 5.41 Å². The van der Waals surface area contributed by atoms with Crippen molar-refractivity contribution in [2.75, 3.05) is 4.90 Å². The first-order chi connectivity index (χ1) is 36.2. The number of fused-ring (bicyclic) bond motifs is 14. The first-order valence-electron chi connectivity index (χ1n) is 25.3. The fourth-order valence-electron chi connectivity index (χ4n) is 12.6. The van der Waals surface area contributed by atoms with Gasteiger partial charge in [0, 0.05) is 33.5 Å². The van der Waals surface area contributed by atoms with Crippen molar-refractivity contribution in [2.45, 2.75) is 5.41 Å². The molecule has 1 aromatic heterocycles. The molecule has 0 fully saturated rings. The Balaban J connectivity index is 0.876. The van der Waals surface area contributed by atoms with Crippen molar-refractivity contribution in [3.8, 4) is 61.3 Å². The molecule has 2 nitrogen and oxygen atoms in total. The second-order valence-corrected chi connectivity index (χ2v) is 19.6. The minimum atomic E-state index is -0.456. The van der Waals surface area contributed by atoms with Crippen LogP contribution in [0.15, 0.2) is 279 Å². The third kappa shape index (κ3) is 6.30. The van der Waals surface area contributed by atoms with Gasteiger partial charge >= 0.3 is 0 Å². The highest BCUT2D eigenvalue weighted by molar-refractivity contribution is 6.10. The number of nitrogens with zero attached hydrogens (tertiary/aromatic N) is 2. The number of para-hydroxylation sites is 2. The van der Waals surface area contributed by atoms with Crippen LogP contribution in [0.5, 0.6) is 0 Å². The average molecular weight is 927 g/mol. The minimum absolute atomic E-state index is 0.456. The lowest BCUT2D eigenvalue weighted by molar-refractivity contribution is 0.793. The molecule has 12 aromatic carbocycles. The topological polar surface area (TPSA) is 8.17 Å². The van der Waals surface area contributed by atoms with E-state index in [2.05, 4.69) is 289 Å². The van der Waals surface area contributed by atoms with Crippen molar-refractivity contribution in [3.05, 3.63) is 301 Å². The van der Waals surface area contributed by atoms with Gasteiger partial charge in [0.25, 0.3) is 0 Å². The van der Waals surface area contributed by atoms with Crippen LogP contribution in [0.3, 0.4) is 0 Å². The molecule has 0 atom stereocenters. The Hall–Kier alpha value is -9.50. The van der Waals surface area contributed by atoms with E-state index in [1.807, 2.05) is 0 Å². The summed E-state index contributed by atoms with van der Waals surface area (Å²) in [7, 11) is 0. The summed E-state index contributed by atoms with van der Waals surface area (Å²) in [5, 5.41) is 4.98. The van der Waals surface area contributed by atoms with Crippen LogP contribution in [0.1, 0.15) is 22.3 Å². The summed E-state index contributed by atoms with van der Waals surface area (Å²) in [6.07, 6.45) is 0. The minimum Gasteiger partial charge on any atom is -0.310 e. The lowest BCUT2D eigenvalue weighted by Crippen LogP contribution is -2.26. The Bertz CT molecular complexity index is 4270. The Labute approximate surface area is 425 Å². The van der Waals surface area contributed by atoms with Gasteiger partial charge in [-0.1, -0.05) is 200 Å². The summed E-state index contributed by atoms with van der Waals surface area (Å²) in [6.45, 7) is 0. The molecule has 0 N–H and O–H groups in total. The zero-order chi connectivity index (χ0) is 48.0. The van der Waals surface area contributed by atoms with Gasteiger partial charge in [-0.05, 0) is 168 Å². The molecule has 1 spiro atoms. The monoisotopic (exact) mass is 926 g/mol. The molecule has 15 rings (SSSR count). The molecule has 73 heavy (non-hydrogen) atoms. The molecule has 2 aliphatic carbocycles. The largest absolute Gasteiger partial charge is 0.310 e. The van der Waals surface area contributed by atoms with Crippen LogP contribution >= 0.6 is 0 Å². The summed E-state index contributed by atoms with van der Waals surface area (Å²) in [6, 6.07) is 103. The van der Waals surface area contributed by atoms with Crippen molar-refractivity contribution in [1.82, 2.24) is 4.57 Å². The molecule has 13 aromatic rings. The van der Waals surface area contributed by atoms with Gasteiger partial charge in [0.05, 0.1) is 16.4 Å². The first kappa shape index (κ1) is 41.3. The van der Waals surface area contributed by atoms with E-state index in [1.54, 1.807) is 0 Å². The van der Waals surface area contributed by atoms with Gasteiger partial charge in [-0.25, -0.2) is 0 Å². The van der Waals surface area contributed by atoms with Crippen LogP contribution in [0.2, 0.25) is 0 Å². The Morgan fingerprint density at radius 3 is 1.49 bits per heavy atom. The van der Waals surface area contributed by atoms with E-state index in [1.165, 1.54) is 105 Å². The van der Waals surface area contributed by atoms with E-state index in [4.69, 9.17) is 0 Å². The summed E-state index contributed by atoms with van der Waals surface area (Å²) in [5.41, 5.74) is 24.0. The maximum atomic E-state index is 2.49. The fourth-order valence-corrected chi connectivity index (χ4v) is 12.6. The molecular formula is C71H46N2. The van der Waals surface area contributed by atoms with Gasteiger partial charge in [0.2, 0.25) is 0 Å². The second-order valence-electron chi connectivity index (χ2n) is 19.6. The highest BCUT2D eigenvalue weighted by atomic mass is 15.1. The molecular weight excluding hydrogens is 881 g/mol. The Morgan fingerprint density at radius 1 is 0.260 bits per heavy atom. The van der Waals surface area contributed by atoms with Gasteiger partial charge in [-0.3, -0.25) is 0 Å². The third-order valence-corrected chi connectivity index (χ3v) is 15.8. The number of rotatable bonds is 7. The van der Waals surface area contributed by atoms with Gasteiger partial charge in [-0.15, -0.1) is 0 Å². The molecule has 340 valence electrons. The zero-order valence-electron chi connectivity index (χ0n) is 40.0. The fraction of sp³-hybridized carbons (Fsp3) is 0.0141. The Kier molecular flexibility index (Phi) is 9.21. The zero-order valence-corrected chi connectivity index (χ0v) is 40.0. The van der Waals surface area contributed by atoms with Gasteiger partial charge in [-0.2, -0.15) is 0 Å². The molecule has 2 aliphatic rings. The van der Waals surface area contributed by atoms with Crippen molar-refractivity contribution >= 4 is 49.6 Å². The van der Waals surface area contributed by atoms with Crippen LogP contribution in [0.25, 0.3) is 93.9 Å². The summed E-state index contributed by atoms with van der Waals surface area (Å²) >= 11 is 0. The van der Waals surface area contributed by atoms with E-state index >= 15 is 0 Å². The standard InChI is InChI=1S/C71H46N2/c1-2-21-55(22-3-1)73-69-31-13-9-27-63(69)64-45-54(36-41-70(64)73)51-19-14-18-50(43-51)52-20-15-23-57(44-52)72(56-37-34-48(35-38-56)53-33-32-47-16-4-5-17-49(47)42-53)58-39-40-62-61-26-8-12-30-67(61)71(68(62)46-58)65-28-10-6-24-59(65)60-25-7-11-29-66(60)71/h1-46H. The molecule has 0 bridgehead atoms. The van der Waals surface area contributed by atoms with E-state index in [-0.39, 0.29) is 0 Å². The quantitative estimate of drug-likeness (QED) is 0.155. The molecule has 0 saturated carbocycles. The molecule has 1 heterocycles. The molecule has 0 amide bonds. The van der Waals surface area contributed by atoms with Crippen molar-refractivity contribution in [2.24, 2.45) is 0 Å². The molecule has 0 unspecified atom stereocenters. The third-order valence-electron chi connectivity index (χ3n) is 15.8. The summed E-state index contributed by atoms with van der Waals surface area (Å²) in [4.78, 5) is 2.46. The predicted molar refractivity (Wildman–Crippen MR) is 306 cm³/mol. The van der Waals surface area contributed by atoms with E-state index in [9.17, 15) is 0 Å². The predicted octanol–water partition coefficient (Wildman–Crippen LogP) is 18.8. The number of hydrogen-bond donors (Lipinski definition) is 0. The SMILES string of the molecule is c1ccc(-n2c3ccccc3c3cc(-c4cccc(-c5cccc(N(c6ccc(-c7ccc8ccccc8c7)cc6)c6ccc7c(c6)C6(c8ccccc8-c8ccccc86)c6ccccc6-7)c5)c4)ccc32)cc1. The van der Waals surface area contributed by atoms with Crippen LogP contribution < -0.4 is 4.90 Å². The van der Waals surface area contributed by atoms with Crippen LogP contribution in [0, 0.1) is 0 Å². The van der Waals surface area contributed by atoms with Gasteiger partial charge in [0.1, 0.15) is 0 Å². The second kappa shape index (κ2) is 16.3. The van der Waals surface area contributed by atoms with Crippen LogP contribution in [-0.2, 0) is 5.41 Å². The molecule has 0 saturated heterocycles. The van der Waals surface area contributed by atoms with Crippen LogP contribution in [-0.4, -0.2) is 4.57 Å². The smallest absolute Gasteiger partial charge is 0.0726 e. The number of hydrogen-bond acceptors (Lipinski definition) is 1. The average Bonchev–Trinajstić information content (AvgIpc) is 4.16. The van der Waals surface area contributed by atoms with E-state index in [0.717, 1.165) is 28.3 Å². The Morgan fingerprint density at radius 2 is 0.767 bits per heavy atom. The number of benzene rings is 12. The molecule has 0 radical (unpaired) electrons. The molecule has 0 aliphatic heterocycles. The summed E-state index contributed by atoms with van der Waals surface area (Å²) in [5.74, 6) is 0. The summed E-state index contributed by atoms with van der Waals surface area (Å²) < 4.78 is 2.38. The number of aromatic nitrogens is 1.